The van der Waals surface area contributed by atoms with E-state index in [2.05, 4.69) is 42.7 Å². The number of rotatable bonds is 13. The van der Waals surface area contributed by atoms with Crippen LogP contribution in [0.25, 0.3) is 0 Å². The second kappa shape index (κ2) is 23.4. The van der Waals surface area contributed by atoms with Gasteiger partial charge in [0.2, 0.25) is 0 Å². The number of hydrogen-bond donors (Lipinski definition) is 1. The predicted molar refractivity (Wildman–Crippen MR) is 168 cm³/mol. The molecule has 12 heteroatoms. The average molecular weight is 631 g/mol. The van der Waals surface area contributed by atoms with Crippen LogP contribution in [0.4, 0.5) is 0 Å². The lowest BCUT2D eigenvalue weighted by Crippen LogP contribution is -2.75. The second-order valence-electron chi connectivity index (χ2n) is 9.73. The molecule has 0 bridgehead atoms. The van der Waals surface area contributed by atoms with E-state index in [1.807, 2.05) is 13.8 Å². The molecule has 1 N–H and O–H groups in total. The van der Waals surface area contributed by atoms with Gasteiger partial charge in [-0.2, -0.15) is 0 Å². The summed E-state index contributed by atoms with van der Waals surface area (Å²) in [6, 6.07) is 0.828. The van der Waals surface area contributed by atoms with Crippen molar-refractivity contribution in [1.82, 2.24) is 0 Å². The summed E-state index contributed by atoms with van der Waals surface area (Å²) in [5.41, 5.74) is -0.169. The highest BCUT2D eigenvalue weighted by Gasteiger charge is 2.69. The van der Waals surface area contributed by atoms with E-state index in [0.717, 1.165) is 44.6 Å². The lowest BCUT2D eigenvalue weighted by atomic mass is 9.88. The van der Waals surface area contributed by atoms with Crippen LogP contribution in [0.15, 0.2) is 49.6 Å². The molecule has 43 heavy (non-hydrogen) atoms. The number of methoxy groups -OCH3 is 2. The van der Waals surface area contributed by atoms with Crippen molar-refractivity contribution in [2.45, 2.75) is 90.0 Å². The molecule has 0 aromatic rings. The molecule has 248 valence electrons. The van der Waals surface area contributed by atoms with Crippen molar-refractivity contribution < 1.29 is 52.1 Å². The molecule has 0 spiro atoms. The number of esters is 3. The van der Waals surface area contributed by atoms with Crippen molar-refractivity contribution in [3.63, 3.8) is 0 Å². The van der Waals surface area contributed by atoms with E-state index < -0.39 is 31.3 Å². The van der Waals surface area contributed by atoms with Crippen LogP contribution in [0.3, 0.4) is 0 Å². The molecular formula is C31H54O11Si. The Morgan fingerprint density at radius 2 is 1.42 bits per heavy atom. The van der Waals surface area contributed by atoms with Crippen molar-refractivity contribution in [1.29, 1.82) is 0 Å². The van der Waals surface area contributed by atoms with Crippen LogP contribution in [0.2, 0.25) is 6.04 Å². The molecule has 1 aliphatic heterocycles. The van der Waals surface area contributed by atoms with Crippen LogP contribution in [0.1, 0.15) is 73.1 Å². The first-order chi connectivity index (χ1) is 20.0. The number of carbonyl (C=O) groups is 4. The number of carboxylic acid groups (broad SMARTS) is 1. The first-order valence-electron chi connectivity index (χ1n) is 14.0. The third kappa shape index (κ3) is 14.8. The van der Waals surface area contributed by atoms with Crippen LogP contribution in [-0.2, 0) is 47.0 Å². The SMILES string of the molecule is C=C(C)C(=O)O.C=C(C)C(=O)OC.C=CC(=O)OC1(C)CCC[Si](OC)(OC)C1(CCC)OC.C=CC(=O)OCCCC. The van der Waals surface area contributed by atoms with Crippen molar-refractivity contribution in [2.24, 2.45) is 0 Å². The van der Waals surface area contributed by atoms with Gasteiger partial charge in [-0.3, -0.25) is 0 Å². The summed E-state index contributed by atoms with van der Waals surface area (Å²) in [7, 11) is 3.64. The average Bonchev–Trinajstić information content (AvgIpc) is 2.98. The van der Waals surface area contributed by atoms with Crippen molar-refractivity contribution in [3.8, 4) is 0 Å². The van der Waals surface area contributed by atoms with Gasteiger partial charge in [-0.15, -0.1) is 0 Å². The van der Waals surface area contributed by atoms with Crippen LogP contribution in [0.5, 0.6) is 0 Å². The summed E-state index contributed by atoms with van der Waals surface area (Å²) in [6.45, 7) is 22.9. The maximum atomic E-state index is 11.8. The summed E-state index contributed by atoms with van der Waals surface area (Å²) in [5, 5.41) is 7.16. The first-order valence-corrected chi connectivity index (χ1v) is 16.0. The summed E-state index contributed by atoms with van der Waals surface area (Å²) in [5.74, 6) is -2.05. The Morgan fingerprint density at radius 3 is 1.72 bits per heavy atom. The summed E-state index contributed by atoms with van der Waals surface area (Å²) in [4.78, 5) is 42.0. The first kappa shape index (κ1) is 44.4. The van der Waals surface area contributed by atoms with E-state index >= 15 is 0 Å². The molecule has 2 atom stereocenters. The standard InChI is InChI=1S/C15H28O5Si.C7H12O2.C5H8O2.C4H6O2/c1-7-10-15(17-4)14(3,20-13(16)8-2)11-9-12-21(15,18-5)19-6;1-3-5-6-9-7(8)4-2;1-4(2)5(6)7-3;1-3(2)4(5)6/h8H,2,7,9-12H2,1,3-6H3;4H,2-3,5-6H2,1H3;1H2,2-3H3;1H2,2H3,(H,5,6). The maximum absolute atomic E-state index is 11.8. The zero-order valence-corrected chi connectivity index (χ0v) is 28.7. The van der Waals surface area contributed by atoms with Gasteiger partial charge < -0.3 is 32.9 Å². The van der Waals surface area contributed by atoms with E-state index in [1.165, 1.54) is 26.2 Å². The summed E-state index contributed by atoms with van der Waals surface area (Å²) < 4.78 is 32.4. The minimum Gasteiger partial charge on any atom is -0.478 e. The molecule has 11 nitrogen and oxygen atoms in total. The highest BCUT2D eigenvalue weighted by atomic mass is 28.4. The Bertz CT molecular complexity index is 915. The van der Waals surface area contributed by atoms with Gasteiger partial charge in [0.05, 0.1) is 13.7 Å². The minimum absolute atomic E-state index is 0.176. The lowest BCUT2D eigenvalue weighted by molar-refractivity contribution is -0.191. The molecule has 1 rings (SSSR count). The zero-order valence-electron chi connectivity index (χ0n) is 27.7. The molecule has 2 unspecified atom stereocenters. The molecule has 1 saturated heterocycles. The van der Waals surface area contributed by atoms with Gasteiger partial charge in [0.1, 0.15) is 5.60 Å². The Balaban J connectivity index is -0.000000597. The van der Waals surface area contributed by atoms with Crippen molar-refractivity contribution in [2.75, 3.05) is 35.0 Å². The molecule has 1 fully saturated rings. The molecule has 0 aromatic carbocycles. The number of hydrogen-bond acceptors (Lipinski definition) is 10. The Labute approximate surface area is 259 Å². The number of carbonyl (C=O) groups excluding carboxylic acids is 3. The van der Waals surface area contributed by atoms with E-state index in [4.69, 9.17) is 23.4 Å². The third-order valence-electron chi connectivity index (χ3n) is 6.54. The molecule has 0 amide bonds. The quantitative estimate of drug-likeness (QED) is 0.0889. The molecule has 0 aromatic heterocycles. The van der Waals surface area contributed by atoms with Gasteiger partial charge in [-0.25, -0.2) is 19.2 Å². The third-order valence-corrected chi connectivity index (χ3v) is 11.1. The van der Waals surface area contributed by atoms with E-state index in [0.29, 0.717) is 12.2 Å². The molecule has 0 radical (unpaired) electrons. The fourth-order valence-corrected chi connectivity index (χ4v) is 8.51. The Kier molecular flexibility index (Phi) is 24.2. The minimum atomic E-state index is -2.68. The van der Waals surface area contributed by atoms with Crippen LogP contribution >= 0.6 is 0 Å². The maximum Gasteiger partial charge on any atom is 0.374 e. The monoisotopic (exact) mass is 630 g/mol. The summed E-state index contributed by atoms with van der Waals surface area (Å²) in [6.07, 6.45) is 7.55. The largest absolute Gasteiger partial charge is 0.478 e. The van der Waals surface area contributed by atoms with Gasteiger partial charge in [-0.1, -0.05) is 53.0 Å². The fraction of sp³-hybridized carbons (Fsp3) is 0.613. The Morgan fingerprint density at radius 1 is 0.907 bits per heavy atom. The van der Waals surface area contributed by atoms with Crippen LogP contribution in [-0.4, -0.2) is 83.4 Å². The van der Waals surface area contributed by atoms with Crippen LogP contribution < -0.4 is 0 Å². The summed E-state index contributed by atoms with van der Waals surface area (Å²) >= 11 is 0. The van der Waals surface area contributed by atoms with E-state index in [9.17, 15) is 19.2 Å². The normalized spacial score (nSPS) is 19.6. The number of unbranched alkanes of at least 4 members (excludes halogenated alkanes) is 1. The highest BCUT2D eigenvalue weighted by Crippen LogP contribution is 2.50. The molecular weight excluding hydrogens is 576 g/mol. The smallest absolute Gasteiger partial charge is 0.374 e. The van der Waals surface area contributed by atoms with E-state index in [-0.39, 0.29) is 17.5 Å². The van der Waals surface area contributed by atoms with Crippen LogP contribution in [0, 0.1) is 0 Å². The zero-order chi connectivity index (χ0) is 34.3. The van der Waals surface area contributed by atoms with Crippen molar-refractivity contribution >= 4 is 32.4 Å². The highest BCUT2D eigenvalue weighted by molar-refractivity contribution is 6.71. The fourth-order valence-electron chi connectivity index (χ4n) is 4.31. The van der Waals surface area contributed by atoms with E-state index in [1.54, 1.807) is 28.3 Å². The topological polar surface area (TPSA) is 144 Å². The van der Waals surface area contributed by atoms with Crippen molar-refractivity contribution in [3.05, 3.63) is 49.6 Å². The lowest BCUT2D eigenvalue weighted by Gasteiger charge is -2.56. The molecule has 0 saturated carbocycles. The van der Waals surface area contributed by atoms with Gasteiger partial charge in [0.25, 0.3) is 0 Å². The predicted octanol–water partition coefficient (Wildman–Crippen LogP) is 5.63. The van der Waals surface area contributed by atoms with Gasteiger partial charge >= 0.3 is 32.4 Å². The number of carboxylic acids is 1. The second-order valence-corrected chi connectivity index (χ2v) is 13.4. The molecule has 1 heterocycles. The van der Waals surface area contributed by atoms with Gasteiger partial charge in [-0.05, 0) is 52.5 Å². The molecule has 0 aliphatic carbocycles. The molecule has 1 aliphatic rings. The number of aliphatic carboxylic acids is 1. The van der Waals surface area contributed by atoms with Gasteiger partial charge in [0.15, 0.2) is 5.22 Å². The van der Waals surface area contributed by atoms with Gasteiger partial charge in [0, 0.05) is 44.6 Å². The Hall–Kier alpha value is -3.06. The number of ether oxygens (including phenoxy) is 4.